The van der Waals surface area contributed by atoms with E-state index in [-0.39, 0.29) is 17.3 Å². The van der Waals surface area contributed by atoms with Crippen LogP contribution in [0.15, 0.2) is 6.07 Å². The highest BCUT2D eigenvalue weighted by Crippen LogP contribution is 2.38. The van der Waals surface area contributed by atoms with Crippen molar-refractivity contribution in [1.29, 1.82) is 0 Å². The van der Waals surface area contributed by atoms with Crippen LogP contribution in [-0.4, -0.2) is 56.3 Å². The van der Waals surface area contributed by atoms with Crippen LogP contribution >= 0.6 is 0 Å². The zero-order valence-corrected chi connectivity index (χ0v) is 18.5. The number of sulfonamides is 1. The molecule has 5 rings (SSSR count). The maximum absolute atomic E-state index is 12.9. The summed E-state index contributed by atoms with van der Waals surface area (Å²) in [5, 5.41) is 6.32. The molecule has 2 amide bonds. The van der Waals surface area contributed by atoms with Gasteiger partial charge in [-0.3, -0.25) is 4.90 Å². The predicted molar refractivity (Wildman–Crippen MR) is 117 cm³/mol. The summed E-state index contributed by atoms with van der Waals surface area (Å²) in [7, 11) is -3.76. The van der Waals surface area contributed by atoms with Crippen LogP contribution in [0.25, 0.3) is 0 Å². The van der Waals surface area contributed by atoms with E-state index < -0.39 is 16.1 Å². The van der Waals surface area contributed by atoms with Gasteiger partial charge in [0, 0.05) is 30.4 Å². The first-order chi connectivity index (χ1) is 14.4. The first-order valence-corrected chi connectivity index (χ1v) is 13.0. The maximum Gasteiger partial charge on any atom is 0.332 e. The second-order valence-electron chi connectivity index (χ2n) is 9.53. The monoisotopic (exact) mass is 432 g/mol. The summed E-state index contributed by atoms with van der Waals surface area (Å²) < 4.78 is 28.0. The number of rotatable bonds is 4. The fourth-order valence-corrected chi connectivity index (χ4v) is 7.48. The van der Waals surface area contributed by atoms with E-state index in [9.17, 15) is 13.2 Å². The zero-order valence-electron chi connectivity index (χ0n) is 17.7. The Bertz CT molecular complexity index is 945. The smallest absolute Gasteiger partial charge is 0.310 e. The molecule has 0 spiro atoms. The molecule has 3 N–H and O–H groups in total. The van der Waals surface area contributed by atoms with Gasteiger partial charge in [0.1, 0.15) is 0 Å². The number of piperazine rings is 1. The second kappa shape index (κ2) is 7.50. The summed E-state index contributed by atoms with van der Waals surface area (Å²) in [5.74, 6) is -0.0849. The number of anilines is 1. The molecule has 2 aliphatic carbocycles. The van der Waals surface area contributed by atoms with E-state index in [4.69, 9.17) is 0 Å². The van der Waals surface area contributed by atoms with Crippen molar-refractivity contribution < 1.29 is 13.2 Å². The van der Waals surface area contributed by atoms with Gasteiger partial charge in [-0.25, -0.2) is 17.9 Å². The molecule has 2 fully saturated rings. The second-order valence-corrected chi connectivity index (χ2v) is 11.3. The molecule has 8 heteroatoms. The lowest BCUT2D eigenvalue weighted by Crippen LogP contribution is -2.65. The highest BCUT2D eigenvalue weighted by molar-refractivity contribution is 7.90. The van der Waals surface area contributed by atoms with Crippen molar-refractivity contribution in [3.05, 3.63) is 28.3 Å². The minimum Gasteiger partial charge on any atom is -0.310 e. The molecule has 0 aromatic heterocycles. The lowest BCUT2D eigenvalue weighted by Gasteiger charge is -2.46. The third kappa shape index (κ3) is 3.52. The van der Waals surface area contributed by atoms with Gasteiger partial charge in [0.25, 0.3) is 0 Å². The fraction of sp³-hybridized carbons (Fsp3) is 0.682. The van der Waals surface area contributed by atoms with Crippen LogP contribution in [0.5, 0.6) is 0 Å². The number of aryl methyl sites for hydroxylation is 2. The topological polar surface area (TPSA) is 90.5 Å². The van der Waals surface area contributed by atoms with E-state index in [0.29, 0.717) is 0 Å². The number of nitrogens with zero attached hydrogens (tertiary/aromatic N) is 1. The lowest BCUT2D eigenvalue weighted by molar-refractivity contribution is 0.0832. The molecule has 2 saturated heterocycles. The summed E-state index contributed by atoms with van der Waals surface area (Å²) >= 11 is 0. The zero-order chi connectivity index (χ0) is 20.9. The average molecular weight is 433 g/mol. The van der Waals surface area contributed by atoms with Crippen molar-refractivity contribution in [2.75, 3.05) is 30.7 Å². The summed E-state index contributed by atoms with van der Waals surface area (Å²) in [6.07, 6.45) is 8.24. The SMILES string of the molecule is C[C@]12CCCN1CCNC2CS(=O)(=O)NC(=O)Nc1c2c(cc3c1CCC3)CCC2. The molecule has 30 heavy (non-hydrogen) atoms. The van der Waals surface area contributed by atoms with Crippen LogP contribution in [0.3, 0.4) is 0 Å². The number of hydrogen-bond donors (Lipinski definition) is 3. The summed E-state index contributed by atoms with van der Waals surface area (Å²) in [5.41, 5.74) is 5.74. The molecule has 1 aromatic rings. The highest BCUT2D eigenvalue weighted by Gasteiger charge is 2.46. The quantitative estimate of drug-likeness (QED) is 0.677. The molecular weight excluding hydrogens is 400 g/mol. The molecule has 0 bridgehead atoms. The van der Waals surface area contributed by atoms with Gasteiger partial charge in [-0.2, -0.15) is 0 Å². The maximum atomic E-state index is 12.9. The van der Waals surface area contributed by atoms with E-state index in [0.717, 1.165) is 76.7 Å². The largest absolute Gasteiger partial charge is 0.332 e. The van der Waals surface area contributed by atoms with E-state index in [1.54, 1.807) is 0 Å². The predicted octanol–water partition coefficient (Wildman–Crippen LogP) is 1.94. The number of urea groups is 1. The molecule has 1 unspecified atom stereocenters. The Kier molecular flexibility index (Phi) is 5.07. The van der Waals surface area contributed by atoms with E-state index in [1.165, 1.54) is 22.3 Å². The molecule has 2 heterocycles. The Morgan fingerprint density at radius 1 is 1.13 bits per heavy atom. The van der Waals surface area contributed by atoms with Crippen molar-refractivity contribution in [3.8, 4) is 0 Å². The van der Waals surface area contributed by atoms with Crippen molar-refractivity contribution in [3.63, 3.8) is 0 Å². The van der Waals surface area contributed by atoms with Crippen LogP contribution in [0.1, 0.15) is 54.9 Å². The summed E-state index contributed by atoms with van der Waals surface area (Å²) in [6.45, 7) is 4.89. The van der Waals surface area contributed by atoms with Crippen molar-refractivity contribution in [2.45, 2.75) is 69.9 Å². The van der Waals surface area contributed by atoms with Gasteiger partial charge in [-0.15, -0.1) is 0 Å². The van der Waals surface area contributed by atoms with Crippen LogP contribution in [-0.2, 0) is 35.7 Å². The van der Waals surface area contributed by atoms with Gasteiger partial charge in [0.15, 0.2) is 0 Å². The van der Waals surface area contributed by atoms with Crippen molar-refractivity contribution in [1.82, 2.24) is 14.9 Å². The minimum absolute atomic E-state index is 0.0849. The van der Waals surface area contributed by atoms with Gasteiger partial charge in [-0.1, -0.05) is 6.07 Å². The molecule has 0 radical (unpaired) electrons. The lowest BCUT2D eigenvalue weighted by atomic mass is 9.88. The first kappa shape index (κ1) is 20.3. The Morgan fingerprint density at radius 3 is 2.53 bits per heavy atom. The van der Waals surface area contributed by atoms with Crippen molar-refractivity contribution in [2.24, 2.45) is 0 Å². The molecule has 0 saturated carbocycles. The first-order valence-electron chi connectivity index (χ1n) is 11.3. The number of carbonyl (C=O) groups excluding carboxylic acids is 1. The van der Waals surface area contributed by atoms with E-state index >= 15 is 0 Å². The highest BCUT2D eigenvalue weighted by atomic mass is 32.2. The molecular formula is C22H32N4O3S. The average Bonchev–Trinajstić information content (AvgIpc) is 3.40. The fourth-order valence-electron chi connectivity index (χ4n) is 6.14. The third-order valence-electron chi connectivity index (χ3n) is 7.70. The number of hydrogen-bond acceptors (Lipinski definition) is 5. The Balaban J connectivity index is 1.30. The third-order valence-corrected chi connectivity index (χ3v) is 8.97. The van der Waals surface area contributed by atoms with Crippen LogP contribution < -0.4 is 15.4 Å². The van der Waals surface area contributed by atoms with Gasteiger partial charge < -0.3 is 10.6 Å². The summed E-state index contributed by atoms with van der Waals surface area (Å²) in [6, 6.07) is 1.49. The number of fused-ring (bicyclic) bond motifs is 3. The Hall–Kier alpha value is -1.64. The van der Waals surface area contributed by atoms with E-state index in [1.807, 2.05) is 0 Å². The molecule has 1 aromatic carbocycles. The number of amides is 2. The molecule has 164 valence electrons. The van der Waals surface area contributed by atoms with Gasteiger partial charge >= 0.3 is 6.03 Å². The number of benzene rings is 1. The molecule has 2 aliphatic heterocycles. The number of nitrogens with one attached hydrogen (secondary N) is 3. The van der Waals surface area contributed by atoms with Crippen LogP contribution in [0.2, 0.25) is 0 Å². The molecule has 2 atom stereocenters. The van der Waals surface area contributed by atoms with Gasteiger partial charge in [-0.05, 0) is 87.1 Å². The molecule has 7 nitrogen and oxygen atoms in total. The van der Waals surface area contributed by atoms with Gasteiger partial charge in [0.05, 0.1) is 5.75 Å². The van der Waals surface area contributed by atoms with E-state index in [2.05, 4.69) is 33.2 Å². The standard InChI is InChI=1S/C22H32N4O3S/c1-22-9-4-11-26(22)12-10-23-19(22)14-30(28,29)25-21(27)24-20-17-7-2-5-15(17)13-16-6-3-8-18(16)20/h13,19,23H,2-12,14H2,1H3,(H2,24,25,27)/t19?,22-/m1/s1. The van der Waals surface area contributed by atoms with Crippen LogP contribution in [0.4, 0.5) is 10.5 Å². The minimum atomic E-state index is -3.76. The molecule has 4 aliphatic rings. The Labute approximate surface area is 179 Å². The number of carbonyl (C=O) groups is 1. The van der Waals surface area contributed by atoms with Crippen LogP contribution in [0, 0.1) is 0 Å². The Morgan fingerprint density at radius 2 is 1.83 bits per heavy atom. The normalized spacial score (nSPS) is 28.1. The van der Waals surface area contributed by atoms with Gasteiger partial charge in [0.2, 0.25) is 10.0 Å². The summed E-state index contributed by atoms with van der Waals surface area (Å²) in [4.78, 5) is 15.1. The van der Waals surface area contributed by atoms with Crippen molar-refractivity contribution >= 4 is 21.7 Å².